The van der Waals surface area contributed by atoms with Crippen LogP contribution in [0.4, 0.5) is 0 Å². The van der Waals surface area contributed by atoms with Crippen molar-refractivity contribution in [3.63, 3.8) is 0 Å². The van der Waals surface area contributed by atoms with Crippen molar-refractivity contribution >= 4 is 0 Å². The Morgan fingerprint density at radius 1 is 1.07 bits per heavy atom. The first-order valence-electron chi connectivity index (χ1n) is 10.1. The Hall–Kier alpha value is -2.24. The van der Waals surface area contributed by atoms with Crippen molar-refractivity contribution in [2.24, 2.45) is 0 Å². The third kappa shape index (κ3) is 4.42. The number of fused-ring (bicyclic) bond motifs is 1. The highest BCUT2D eigenvalue weighted by molar-refractivity contribution is 5.54. The van der Waals surface area contributed by atoms with E-state index in [1.54, 1.807) is 14.2 Å². The first-order valence-corrected chi connectivity index (χ1v) is 10.1. The zero-order chi connectivity index (χ0) is 19.9. The van der Waals surface area contributed by atoms with Gasteiger partial charge in [0, 0.05) is 18.7 Å². The maximum absolute atomic E-state index is 6.03. The van der Waals surface area contributed by atoms with Gasteiger partial charge in [-0.05, 0) is 48.8 Å². The van der Waals surface area contributed by atoms with E-state index in [4.69, 9.17) is 14.2 Å². The number of likely N-dealkylation sites (N-methyl/N-ethyl adjacent to an activating group) is 1. The Morgan fingerprint density at radius 3 is 2.61 bits per heavy atom. The molecule has 0 amide bonds. The topological polar surface area (TPSA) is 43.0 Å². The summed E-state index contributed by atoms with van der Waals surface area (Å²) in [6.45, 7) is 9.00. The van der Waals surface area contributed by atoms with E-state index in [1.165, 1.54) is 16.7 Å². The van der Waals surface area contributed by atoms with Crippen LogP contribution in [-0.2, 0) is 6.42 Å². The van der Waals surface area contributed by atoms with Crippen LogP contribution in [0.3, 0.4) is 0 Å². The van der Waals surface area contributed by atoms with E-state index in [2.05, 4.69) is 48.3 Å². The fourth-order valence-electron chi connectivity index (χ4n) is 3.90. The van der Waals surface area contributed by atoms with Gasteiger partial charge >= 0.3 is 0 Å². The second kappa shape index (κ2) is 9.80. The van der Waals surface area contributed by atoms with Gasteiger partial charge in [0.05, 0.1) is 20.3 Å². The summed E-state index contributed by atoms with van der Waals surface area (Å²) in [6.07, 6.45) is 0.923. The van der Waals surface area contributed by atoms with Gasteiger partial charge in [-0.1, -0.05) is 32.0 Å². The molecule has 1 N–H and O–H groups in total. The number of hydrogen-bond acceptors (Lipinski definition) is 5. The van der Waals surface area contributed by atoms with Gasteiger partial charge in [-0.2, -0.15) is 0 Å². The summed E-state index contributed by atoms with van der Waals surface area (Å²) in [5.74, 6) is 2.55. The minimum Gasteiger partial charge on any atom is -0.493 e. The largest absolute Gasteiger partial charge is 0.493 e. The summed E-state index contributed by atoms with van der Waals surface area (Å²) in [4.78, 5) is 2.36. The SMILES string of the molecule is CCN(CC)CCOc1cccc(C2NCCc3c2ccc(OC)c3OC)c1. The number of nitrogens with one attached hydrogen (secondary N) is 1. The molecular formula is C23H32N2O3. The average Bonchev–Trinajstić information content (AvgIpc) is 2.75. The van der Waals surface area contributed by atoms with Crippen molar-refractivity contribution in [3.8, 4) is 17.2 Å². The van der Waals surface area contributed by atoms with E-state index in [0.29, 0.717) is 6.61 Å². The molecule has 0 bridgehead atoms. The van der Waals surface area contributed by atoms with Crippen LogP contribution < -0.4 is 19.5 Å². The standard InChI is InChI=1S/C23H32N2O3/c1-5-25(6-2)14-15-28-18-9-7-8-17(16-18)22-19-10-11-21(26-3)23(27-4)20(19)12-13-24-22/h7-11,16,22,24H,5-6,12-15H2,1-4H3. The molecule has 28 heavy (non-hydrogen) atoms. The lowest BCUT2D eigenvalue weighted by atomic mass is 9.89. The van der Waals surface area contributed by atoms with Gasteiger partial charge < -0.3 is 24.4 Å². The molecule has 0 fully saturated rings. The molecule has 0 spiro atoms. The number of methoxy groups -OCH3 is 2. The molecule has 1 aliphatic heterocycles. The van der Waals surface area contributed by atoms with Crippen LogP contribution in [0.2, 0.25) is 0 Å². The van der Waals surface area contributed by atoms with Crippen LogP contribution in [0, 0.1) is 0 Å². The summed E-state index contributed by atoms with van der Waals surface area (Å²) < 4.78 is 17.2. The summed E-state index contributed by atoms with van der Waals surface area (Å²) in [5.41, 5.74) is 3.66. The summed E-state index contributed by atoms with van der Waals surface area (Å²) in [5, 5.41) is 3.64. The Balaban J connectivity index is 1.80. The van der Waals surface area contributed by atoms with Crippen LogP contribution >= 0.6 is 0 Å². The van der Waals surface area contributed by atoms with Gasteiger partial charge in [0.25, 0.3) is 0 Å². The number of ether oxygens (including phenoxy) is 3. The highest BCUT2D eigenvalue weighted by atomic mass is 16.5. The van der Waals surface area contributed by atoms with Crippen LogP contribution in [0.1, 0.15) is 36.6 Å². The van der Waals surface area contributed by atoms with E-state index in [1.807, 2.05) is 12.1 Å². The third-order valence-electron chi connectivity index (χ3n) is 5.48. The molecule has 1 unspecified atom stereocenters. The summed E-state index contributed by atoms with van der Waals surface area (Å²) in [7, 11) is 3.39. The fourth-order valence-corrected chi connectivity index (χ4v) is 3.90. The summed E-state index contributed by atoms with van der Waals surface area (Å²) >= 11 is 0. The van der Waals surface area contributed by atoms with Gasteiger partial charge in [0.1, 0.15) is 12.4 Å². The molecule has 1 heterocycles. The zero-order valence-corrected chi connectivity index (χ0v) is 17.5. The number of nitrogens with zero attached hydrogens (tertiary/aromatic N) is 1. The van der Waals surface area contributed by atoms with E-state index >= 15 is 0 Å². The molecular weight excluding hydrogens is 352 g/mol. The monoisotopic (exact) mass is 384 g/mol. The molecule has 0 saturated carbocycles. The van der Waals surface area contributed by atoms with Crippen molar-refractivity contribution in [2.45, 2.75) is 26.3 Å². The van der Waals surface area contributed by atoms with E-state index in [-0.39, 0.29) is 6.04 Å². The van der Waals surface area contributed by atoms with Gasteiger partial charge in [0.2, 0.25) is 0 Å². The van der Waals surface area contributed by atoms with Crippen LogP contribution in [-0.4, -0.2) is 51.9 Å². The van der Waals surface area contributed by atoms with Gasteiger partial charge in [0.15, 0.2) is 11.5 Å². The maximum Gasteiger partial charge on any atom is 0.164 e. The maximum atomic E-state index is 6.03. The molecule has 0 radical (unpaired) electrons. The second-order valence-corrected chi connectivity index (χ2v) is 6.95. The highest BCUT2D eigenvalue weighted by Crippen LogP contribution is 2.40. The Bertz CT molecular complexity index is 774. The molecule has 1 aliphatic rings. The smallest absolute Gasteiger partial charge is 0.164 e. The van der Waals surface area contributed by atoms with Gasteiger partial charge in [-0.3, -0.25) is 0 Å². The molecule has 5 heteroatoms. The van der Waals surface area contributed by atoms with Crippen LogP contribution in [0.15, 0.2) is 36.4 Å². The molecule has 2 aromatic carbocycles. The second-order valence-electron chi connectivity index (χ2n) is 6.95. The number of rotatable bonds is 9. The molecule has 3 rings (SSSR count). The minimum absolute atomic E-state index is 0.120. The fraction of sp³-hybridized carbons (Fsp3) is 0.478. The van der Waals surface area contributed by atoms with Crippen LogP contribution in [0.5, 0.6) is 17.2 Å². The average molecular weight is 385 g/mol. The van der Waals surface area contributed by atoms with E-state index in [9.17, 15) is 0 Å². The van der Waals surface area contributed by atoms with E-state index < -0.39 is 0 Å². The first kappa shape index (κ1) is 20.5. The number of hydrogen-bond donors (Lipinski definition) is 1. The lowest BCUT2D eigenvalue weighted by molar-refractivity contribution is 0.222. The summed E-state index contributed by atoms with van der Waals surface area (Å²) in [6, 6.07) is 12.6. The van der Waals surface area contributed by atoms with Crippen molar-refractivity contribution in [2.75, 3.05) is 47.0 Å². The van der Waals surface area contributed by atoms with Crippen molar-refractivity contribution in [3.05, 3.63) is 53.1 Å². The molecule has 0 aromatic heterocycles. The molecule has 5 nitrogen and oxygen atoms in total. The molecule has 0 saturated heterocycles. The molecule has 0 aliphatic carbocycles. The number of benzene rings is 2. The van der Waals surface area contributed by atoms with Crippen molar-refractivity contribution in [1.82, 2.24) is 10.2 Å². The van der Waals surface area contributed by atoms with Crippen molar-refractivity contribution in [1.29, 1.82) is 0 Å². The lowest BCUT2D eigenvalue weighted by Crippen LogP contribution is -2.31. The van der Waals surface area contributed by atoms with Crippen molar-refractivity contribution < 1.29 is 14.2 Å². The lowest BCUT2D eigenvalue weighted by Gasteiger charge is -2.29. The molecule has 1 atom stereocenters. The minimum atomic E-state index is 0.120. The van der Waals surface area contributed by atoms with Gasteiger partial charge in [-0.15, -0.1) is 0 Å². The quantitative estimate of drug-likeness (QED) is 0.715. The zero-order valence-electron chi connectivity index (χ0n) is 17.5. The Morgan fingerprint density at radius 2 is 1.89 bits per heavy atom. The molecule has 152 valence electrons. The van der Waals surface area contributed by atoms with Crippen LogP contribution in [0.25, 0.3) is 0 Å². The normalized spacial score (nSPS) is 16.0. The Kier molecular flexibility index (Phi) is 7.18. The predicted molar refractivity (Wildman–Crippen MR) is 113 cm³/mol. The molecule has 2 aromatic rings. The van der Waals surface area contributed by atoms with E-state index in [0.717, 1.165) is 49.8 Å². The van der Waals surface area contributed by atoms with Gasteiger partial charge in [-0.25, -0.2) is 0 Å². The first-order chi connectivity index (χ1) is 13.7. The third-order valence-corrected chi connectivity index (χ3v) is 5.48. The Labute approximate surface area is 168 Å². The predicted octanol–water partition coefficient (Wildman–Crippen LogP) is 3.66. The highest BCUT2D eigenvalue weighted by Gasteiger charge is 2.26.